The minimum atomic E-state index is -4.10. The summed E-state index contributed by atoms with van der Waals surface area (Å²) in [7, 11) is -4.10. The number of hydrogen-bond acceptors (Lipinski definition) is 3. The number of allylic oxidation sites excluding steroid dienone is 3. The van der Waals surface area contributed by atoms with Crippen molar-refractivity contribution in [2.24, 2.45) is 0 Å². The average Bonchev–Trinajstić information content (AvgIpc) is 2.72. The van der Waals surface area contributed by atoms with Crippen molar-refractivity contribution in [1.82, 2.24) is 4.31 Å². The molecular weight excluding hydrogens is 469 g/mol. The van der Waals surface area contributed by atoms with Gasteiger partial charge in [0.05, 0.1) is 15.3 Å². The van der Waals surface area contributed by atoms with Crippen LogP contribution in [0.2, 0.25) is 5.02 Å². The standard InChI is InChI=1S/C24H23Cl2NO4S/c25-20-9-4-7-18(15-20)19-8-5-12-23(26,16-19)24(13-6-14-24)27(17-22(28)29)32(30,31)21-10-2-1-3-11-21/h1-5,7-12,15H,6,13-14,16-17H2,(H,28,29). The predicted molar refractivity (Wildman–Crippen MR) is 126 cm³/mol. The second-order valence-corrected chi connectivity index (χ2v) is 11.2. The molecule has 0 aromatic heterocycles. The molecule has 32 heavy (non-hydrogen) atoms. The molecule has 0 amide bonds. The van der Waals surface area contributed by atoms with Crippen molar-refractivity contribution in [3.8, 4) is 0 Å². The summed E-state index contributed by atoms with van der Waals surface area (Å²) in [4.78, 5) is 10.7. The Hall–Kier alpha value is -2.12. The lowest BCUT2D eigenvalue weighted by molar-refractivity contribution is -0.139. The van der Waals surface area contributed by atoms with Crippen molar-refractivity contribution in [2.75, 3.05) is 6.54 Å². The van der Waals surface area contributed by atoms with Crippen molar-refractivity contribution < 1.29 is 18.3 Å². The van der Waals surface area contributed by atoms with Gasteiger partial charge in [-0.3, -0.25) is 4.79 Å². The molecule has 5 nitrogen and oxygen atoms in total. The topological polar surface area (TPSA) is 74.7 Å². The first-order valence-electron chi connectivity index (χ1n) is 10.3. The summed E-state index contributed by atoms with van der Waals surface area (Å²) >= 11 is 13.4. The number of halogens is 2. The zero-order chi connectivity index (χ0) is 23.0. The van der Waals surface area contributed by atoms with Crippen LogP contribution in [0.4, 0.5) is 0 Å². The molecule has 0 saturated heterocycles. The molecular formula is C24H23Cl2NO4S. The first-order valence-corrected chi connectivity index (χ1v) is 12.5. The second kappa shape index (κ2) is 8.67. The number of alkyl halides is 1. The molecule has 1 saturated carbocycles. The summed E-state index contributed by atoms with van der Waals surface area (Å²) < 4.78 is 28.4. The highest BCUT2D eigenvalue weighted by Crippen LogP contribution is 2.55. The fourth-order valence-electron chi connectivity index (χ4n) is 4.61. The molecule has 0 aliphatic heterocycles. The highest BCUT2D eigenvalue weighted by Gasteiger charge is 2.60. The molecule has 0 spiro atoms. The maximum Gasteiger partial charge on any atom is 0.318 e. The van der Waals surface area contributed by atoms with Crippen molar-refractivity contribution in [1.29, 1.82) is 0 Å². The van der Waals surface area contributed by atoms with Crippen LogP contribution in [0.1, 0.15) is 31.2 Å². The van der Waals surface area contributed by atoms with Gasteiger partial charge < -0.3 is 5.11 Å². The van der Waals surface area contributed by atoms with E-state index in [1.807, 2.05) is 30.4 Å². The average molecular weight is 492 g/mol. The summed E-state index contributed by atoms with van der Waals surface area (Å²) in [6.45, 7) is -0.657. The molecule has 0 bridgehead atoms. The Morgan fingerprint density at radius 2 is 1.81 bits per heavy atom. The first-order chi connectivity index (χ1) is 15.2. The van der Waals surface area contributed by atoms with Gasteiger partial charge in [-0.15, -0.1) is 11.6 Å². The van der Waals surface area contributed by atoms with Crippen LogP contribution in [-0.4, -0.2) is 40.8 Å². The highest BCUT2D eigenvalue weighted by atomic mass is 35.5. The number of hydrogen-bond donors (Lipinski definition) is 1. The first kappa shape index (κ1) is 23.1. The Morgan fingerprint density at radius 3 is 2.41 bits per heavy atom. The van der Waals surface area contributed by atoms with Crippen LogP contribution in [0.5, 0.6) is 0 Å². The van der Waals surface area contributed by atoms with E-state index in [9.17, 15) is 18.3 Å². The van der Waals surface area contributed by atoms with Gasteiger partial charge in [0.15, 0.2) is 0 Å². The molecule has 168 valence electrons. The zero-order valence-corrected chi connectivity index (χ0v) is 19.6. The minimum absolute atomic E-state index is 0.0539. The molecule has 0 radical (unpaired) electrons. The Morgan fingerprint density at radius 1 is 1.09 bits per heavy atom. The van der Waals surface area contributed by atoms with E-state index < -0.39 is 33.0 Å². The van der Waals surface area contributed by atoms with E-state index in [0.29, 0.717) is 24.3 Å². The smallest absolute Gasteiger partial charge is 0.318 e. The fraction of sp³-hybridized carbons (Fsp3) is 0.292. The molecule has 2 aliphatic carbocycles. The van der Waals surface area contributed by atoms with Gasteiger partial charge in [-0.2, -0.15) is 4.31 Å². The van der Waals surface area contributed by atoms with Gasteiger partial charge in [-0.05, 0) is 61.1 Å². The Bertz CT molecular complexity index is 1190. The van der Waals surface area contributed by atoms with Crippen LogP contribution in [-0.2, 0) is 14.8 Å². The lowest BCUT2D eigenvalue weighted by atomic mass is 9.64. The molecule has 2 aromatic rings. The van der Waals surface area contributed by atoms with Crippen molar-refractivity contribution in [3.63, 3.8) is 0 Å². The third kappa shape index (κ3) is 4.01. The quantitative estimate of drug-likeness (QED) is 0.529. The maximum atomic E-state index is 13.6. The number of nitrogens with zero attached hydrogens (tertiary/aromatic N) is 1. The highest BCUT2D eigenvalue weighted by molar-refractivity contribution is 7.89. The normalized spacial score (nSPS) is 22.3. The van der Waals surface area contributed by atoms with Crippen LogP contribution in [0, 0.1) is 0 Å². The second-order valence-electron chi connectivity index (χ2n) is 8.20. The van der Waals surface area contributed by atoms with Crippen molar-refractivity contribution >= 4 is 44.8 Å². The van der Waals surface area contributed by atoms with Crippen LogP contribution in [0.15, 0.2) is 77.7 Å². The van der Waals surface area contributed by atoms with Gasteiger partial charge in [-0.1, -0.05) is 60.2 Å². The minimum Gasteiger partial charge on any atom is -0.480 e. The van der Waals surface area contributed by atoms with E-state index in [1.165, 1.54) is 12.1 Å². The van der Waals surface area contributed by atoms with E-state index in [0.717, 1.165) is 21.9 Å². The molecule has 1 N–H and O–H groups in total. The zero-order valence-electron chi connectivity index (χ0n) is 17.2. The Balaban J connectivity index is 1.77. The Kier molecular flexibility index (Phi) is 6.25. The molecule has 0 heterocycles. The van der Waals surface area contributed by atoms with Gasteiger partial charge in [0, 0.05) is 5.02 Å². The number of sulfonamides is 1. The van der Waals surface area contributed by atoms with Crippen molar-refractivity contribution in [3.05, 3.63) is 83.4 Å². The summed E-state index contributed by atoms with van der Waals surface area (Å²) in [5.41, 5.74) is 0.761. The summed E-state index contributed by atoms with van der Waals surface area (Å²) in [6, 6.07) is 15.3. The van der Waals surface area contributed by atoms with E-state index in [4.69, 9.17) is 23.2 Å². The van der Waals surface area contributed by atoms with Gasteiger partial charge in [-0.25, -0.2) is 8.42 Å². The molecule has 1 fully saturated rings. The van der Waals surface area contributed by atoms with E-state index >= 15 is 0 Å². The van der Waals surface area contributed by atoms with E-state index in [1.54, 1.807) is 30.3 Å². The number of carboxylic acids is 1. The fourth-order valence-corrected chi connectivity index (χ4v) is 7.20. The molecule has 2 aliphatic rings. The molecule has 1 atom stereocenters. The lowest BCUT2D eigenvalue weighted by Crippen LogP contribution is -2.67. The van der Waals surface area contributed by atoms with Gasteiger partial charge >= 0.3 is 5.97 Å². The largest absolute Gasteiger partial charge is 0.480 e. The van der Waals surface area contributed by atoms with Crippen LogP contribution >= 0.6 is 23.2 Å². The van der Waals surface area contributed by atoms with Gasteiger partial charge in [0.2, 0.25) is 10.0 Å². The predicted octanol–water partition coefficient (Wildman–Crippen LogP) is 5.36. The SMILES string of the molecule is O=C(O)CN(C1(C2(Cl)C=CC=C(c3cccc(Cl)c3)C2)CCC1)S(=O)(=O)c1ccccc1. The number of rotatable bonds is 7. The molecule has 4 rings (SSSR count). The van der Waals surface area contributed by atoms with Crippen LogP contribution < -0.4 is 0 Å². The molecule has 8 heteroatoms. The summed E-state index contributed by atoms with van der Waals surface area (Å²) in [5.74, 6) is -1.22. The lowest BCUT2D eigenvalue weighted by Gasteiger charge is -2.57. The van der Waals surface area contributed by atoms with Gasteiger partial charge in [0.1, 0.15) is 6.54 Å². The van der Waals surface area contributed by atoms with Crippen molar-refractivity contribution in [2.45, 2.75) is 41.0 Å². The monoisotopic (exact) mass is 491 g/mol. The third-order valence-corrected chi connectivity index (χ3v) is 9.12. The number of carbonyl (C=O) groups is 1. The number of carboxylic acid groups (broad SMARTS) is 1. The summed E-state index contributed by atoms with van der Waals surface area (Å²) in [5, 5.41) is 10.2. The molecule has 1 unspecified atom stereocenters. The van der Waals surface area contributed by atoms with E-state index in [-0.39, 0.29) is 4.90 Å². The maximum absolute atomic E-state index is 13.6. The number of benzene rings is 2. The van der Waals surface area contributed by atoms with Crippen LogP contribution in [0.25, 0.3) is 5.57 Å². The Labute approximate surface area is 198 Å². The third-order valence-electron chi connectivity index (χ3n) is 6.34. The molecule has 2 aromatic carbocycles. The summed E-state index contributed by atoms with van der Waals surface area (Å²) in [6.07, 6.45) is 7.63. The van der Waals surface area contributed by atoms with E-state index in [2.05, 4.69) is 0 Å². The van der Waals surface area contributed by atoms with Gasteiger partial charge in [0.25, 0.3) is 0 Å². The van der Waals surface area contributed by atoms with Crippen LogP contribution in [0.3, 0.4) is 0 Å². The number of aliphatic carboxylic acids is 1.